The number of anilines is 3. The minimum atomic E-state index is -3.78. The van der Waals surface area contributed by atoms with Crippen LogP contribution in [0.15, 0.2) is 79.3 Å². The van der Waals surface area contributed by atoms with E-state index in [-0.39, 0.29) is 11.7 Å². The van der Waals surface area contributed by atoms with Crippen molar-refractivity contribution in [2.75, 3.05) is 15.8 Å². The minimum Gasteiger partial charge on any atom is -0.399 e. The Balaban J connectivity index is 1.72. The van der Waals surface area contributed by atoms with Gasteiger partial charge in [-0.2, -0.15) is 5.10 Å². The molecule has 2 aromatic carbocycles. The van der Waals surface area contributed by atoms with Crippen molar-refractivity contribution in [2.45, 2.75) is 6.42 Å². The first-order valence-electron chi connectivity index (χ1n) is 9.67. The normalized spacial score (nSPS) is 11.4. The van der Waals surface area contributed by atoms with Crippen LogP contribution in [0.25, 0.3) is 11.3 Å². The molecule has 2 aromatic heterocycles. The quantitative estimate of drug-likeness (QED) is 0.448. The summed E-state index contributed by atoms with van der Waals surface area (Å²) < 4.78 is 29.5. The number of nitrogens with zero attached hydrogens (tertiary/aromatic N) is 5. The van der Waals surface area contributed by atoms with E-state index in [4.69, 9.17) is 5.73 Å². The van der Waals surface area contributed by atoms with Crippen LogP contribution in [0.5, 0.6) is 0 Å². The number of benzene rings is 2. The smallest absolute Gasteiger partial charge is 0.244 e. The molecular formula is C22H22N6O2S. The molecule has 0 aliphatic carbocycles. The number of hydrogen-bond donors (Lipinski definition) is 1. The lowest BCUT2D eigenvalue weighted by Gasteiger charge is -2.21. The van der Waals surface area contributed by atoms with Crippen LogP contribution in [-0.2, 0) is 23.5 Å². The molecule has 0 bridgehead atoms. The third-order valence-electron chi connectivity index (χ3n) is 4.73. The summed E-state index contributed by atoms with van der Waals surface area (Å²) in [5.41, 5.74) is 9.13. The fourth-order valence-corrected chi connectivity index (χ4v) is 4.59. The zero-order valence-electron chi connectivity index (χ0n) is 17.0. The van der Waals surface area contributed by atoms with Gasteiger partial charge in [0, 0.05) is 30.7 Å². The standard InChI is InChI=1S/C22H22N6O2S/c1-27-16-20(15-25-27)28(31(29,30)14-12-17-5-3-2-4-6-17)22-24-13-11-21(26-22)18-7-9-19(23)10-8-18/h2-11,13,15-16H,12,14,23H2,1H3. The van der Waals surface area contributed by atoms with Gasteiger partial charge in [-0.3, -0.25) is 4.68 Å². The van der Waals surface area contributed by atoms with E-state index < -0.39 is 10.0 Å². The van der Waals surface area contributed by atoms with Crippen LogP contribution < -0.4 is 10.0 Å². The van der Waals surface area contributed by atoms with Crippen molar-refractivity contribution in [1.82, 2.24) is 19.7 Å². The summed E-state index contributed by atoms with van der Waals surface area (Å²) in [4.78, 5) is 8.80. The summed E-state index contributed by atoms with van der Waals surface area (Å²) in [5.74, 6) is -0.0307. The molecule has 0 saturated carbocycles. The molecule has 8 nitrogen and oxygen atoms in total. The Morgan fingerprint density at radius 1 is 1.03 bits per heavy atom. The molecule has 158 valence electrons. The van der Waals surface area contributed by atoms with Gasteiger partial charge in [0.1, 0.15) is 0 Å². The van der Waals surface area contributed by atoms with Gasteiger partial charge >= 0.3 is 0 Å². The molecule has 0 radical (unpaired) electrons. The lowest BCUT2D eigenvalue weighted by atomic mass is 10.1. The Hall–Kier alpha value is -3.72. The van der Waals surface area contributed by atoms with Crippen LogP contribution in [0.3, 0.4) is 0 Å². The van der Waals surface area contributed by atoms with Crippen LogP contribution in [0.4, 0.5) is 17.3 Å². The minimum absolute atomic E-state index is 0.0652. The molecule has 0 aliphatic rings. The first kappa shape index (κ1) is 20.5. The maximum Gasteiger partial charge on any atom is 0.244 e. The molecule has 0 aliphatic heterocycles. The molecule has 0 amide bonds. The van der Waals surface area contributed by atoms with Gasteiger partial charge in [0.05, 0.1) is 23.3 Å². The highest BCUT2D eigenvalue weighted by Crippen LogP contribution is 2.28. The molecule has 0 saturated heterocycles. The van der Waals surface area contributed by atoms with Gasteiger partial charge in [-0.25, -0.2) is 22.7 Å². The maximum absolute atomic E-state index is 13.4. The third kappa shape index (κ3) is 4.72. The largest absolute Gasteiger partial charge is 0.399 e. The zero-order valence-corrected chi connectivity index (χ0v) is 17.8. The van der Waals surface area contributed by atoms with Gasteiger partial charge in [-0.15, -0.1) is 0 Å². The molecule has 2 N–H and O–H groups in total. The average molecular weight is 435 g/mol. The highest BCUT2D eigenvalue weighted by molar-refractivity contribution is 7.93. The van der Waals surface area contributed by atoms with Crippen LogP contribution >= 0.6 is 0 Å². The number of hydrogen-bond acceptors (Lipinski definition) is 6. The molecule has 4 rings (SSSR count). The van der Waals surface area contributed by atoms with Crippen LogP contribution in [0, 0.1) is 0 Å². The van der Waals surface area contributed by atoms with Gasteiger partial charge in [-0.05, 0) is 30.2 Å². The van der Waals surface area contributed by atoms with Crippen molar-refractivity contribution in [2.24, 2.45) is 7.05 Å². The second-order valence-corrected chi connectivity index (χ2v) is 8.99. The summed E-state index contributed by atoms with van der Waals surface area (Å²) >= 11 is 0. The van der Waals surface area contributed by atoms with Gasteiger partial charge in [-0.1, -0.05) is 42.5 Å². The summed E-state index contributed by atoms with van der Waals surface area (Å²) in [6.45, 7) is 0. The average Bonchev–Trinajstić information content (AvgIpc) is 3.19. The Kier molecular flexibility index (Phi) is 5.68. The predicted molar refractivity (Wildman–Crippen MR) is 121 cm³/mol. The highest BCUT2D eigenvalue weighted by atomic mass is 32.2. The fraction of sp³-hybridized carbons (Fsp3) is 0.136. The SMILES string of the molecule is Cn1cc(N(c2nccc(-c3ccc(N)cc3)n2)S(=O)(=O)CCc2ccccc2)cn1. The predicted octanol–water partition coefficient (Wildman–Crippen LogP) is 3.17. The highest BCUT2D eigenvalue weighted by Gasteiger charge is 2.28. The molecule has 9 heteroatoms. The second-order valence-electron chi connectivity index (χ2n) is 7.05. The molecule has 4 aromatic rings. The molecule has 0 fully saturated rings. The van der Waals surface area contributed by atoms with E-state index in [2.05, 4.69) is 15.1 Å². The molecule has 2 heterocycles. The third-order valence-corrected chi connectivity index (χ3v) is 6.38. The fourth-order valence-electron chi connectivity index (χ4n) is 3.16. The van der Waals surface area contributed by atoms with Crippen molar-refractivity contribution in [3.63, 3.8) is 0 Å². The first-order valence-corrected chi connectivity index (χ1v) is 11.3. The van der Waals surface area contributed by atoms with Gasteiger partial charge in [0.15, 0.2) is 0 Å². The summed E-state index contributed by atoms with van der Waals surface area (Å²) in [6, 6.07) is 18.4. The Labute approximate surface area is 181 Å². The van der Waals surface area contributed by atoms with Gasteiger partial charge in [0.2, 0.25) is 16.0 Å². The van der Waals surface area contributed by atoms with Crippen LogP contribution in [-0.4, -0.2) is 33.9 Å². The number of aryl methyl sites for hydroxylation is 2. The van der Waals surface area contributed by atoms with Crippen molar-refractivity contribution in [1.29, 1.82) is 0 Å². The number of aromatic nitrogens is 4. The van der Waals surface area contributed by atoms with Gasteiger partial charge in [0.25, 0.3) is 0 Å². The number of sulfonamides is 1. The number of nitrogen functional groups attached to an aromatic ring is 1. The van der Waals surface area contributed by atoms with Crippen molar-refractivity contribution in [3.8, 4) is 11.3 Å². The Morgan fingerprint density at radius 3 is 2.45 bits per heavy atom. The molecule has 0 atom stereocenters. The van der Waals surface area contributed by atoms with E-state index >= 15 is 0 Å². The summed E-state index contributed by atoms with van der Waals surface area (Å²) in [7, 11) is -2.06. The van der Waals surface area contributed by atoms with Crippen molar-refractivity contribution in [3.05, 3.63) is 84.8 Å². The lowest BCUT2D eigenvalue weighted by molar-refractivity contribution is 0.594. The lowest BCUT2D eigenvalue weighted by Crippen LogP contribution is -2.30. The van der Waals surface area contributed by atoms with E-state index in [1.54, 1.807) is 42.3 Å². The molecule has 31 heavy (non-hydrogen) atoms. The maximum atomic E-state index is 13.4. The monoisotopic (exact) mass is 434 g/mol. The van der Waals surface area contributed by atoms with Crippen LogP contribution in [0.2, 0.25) is 0 Å². The topological polar surface area (TPSA) is 107 Å². The van der Waals surface area contributed by atoms with Crippen molar-refractivity contribution < 1.29 is 8.42 Å². The summed E-state index contributed by atoms with van der Waals surface area (Å²) in [5, 5.41) is 4.13. The Morgan fingerprint density at radius 2 is 1.77 bits per heavy atom. The van der Waals surface area contributed by atoms with E-state index in [0.717, 1.165) is 15.4 Å². The van der Waals surface area contributed by atoms with E-state index in [9.17, 15) is 8.42 Å². The zero-order chi connectivity index (χ0) is 21.8. The second kappa shape index (κ2) is 8.57. The molecule has 0 spiro atoms. The van der Waals surface area contributed by atoms with Gasteiger partial charge < -0.3 is 5.73 Å². The molecular weight excluding hydrogens is 412 g/mol. The van der Waals surface area contributed by atoms with E-state index in [1.165, 1.54) is 6.20 Å². The number of rotatable bonds is 7. The Bertz CT molecular complexity index is 1270. The summed E-state index contributed by atoms with van der Waals surface area (Å²) in [6.07, 6.45) is 5.03. The van der Waals surface area contributed by atoms with Crippen LogP contribution in [0.1, 0.15) is 5.56 Å². The van der Waals surface area contributed by atoms with E-state index in [0.29, 0.717) is 23.5 Å². The first-order chi connectivity index (χ1) is 14.9. The molecule has 0 unspecified atom stereocenters. The van der Waals surface area contributed by atoms with Crippen molar-refractivity contribution >= 4 is 27.3 Å². The number of nitrogens with two attached hydrogens (primary N) is 1. The van der Waals surface area contributed by atoms with E-state index in [1.807, 2.05) is 42.5 Å².